The number of amides is 1. The minimum atomic E-state index is -3.52. The summed E-state index contributed by atoms with van der Waals surface area (Å²) < 4.78 is 32.0. The SMILES string of the molecule is CSCCCNS(=O)(=O)c1ccc(C(=O)N[C@@H]2CCOC2)cc1. The van der Waals surface area contributed by atoms with Crippen LogP contribution in [0.15, 0.2) is 29.2 Å². The summed E-state index contributed by atoms with van der Waals surface area (Å²) in [5.41, 5.74) is 0.443. The van der Waals surface area contributed by atoms with E-state index in [9.17, 15) is 13.2 Å². The fourth-order valence-corrected chi connectivity index (χ4v) is 3.72. The van der Waals surface area contributed by atoms with Crippen LogP contribution in [-0.4, -0.2) is 52.1 Å². The predicted octanol–water partition coefficient (Wildman–Crippen LogP) is 1.24. The number of hydrogen-bond acceptors (Lipinski definition) is 5. The number of benzene rings is 1. The van der Waals surface area contributed by atoms with Gasteiger partial charge >= 0.3 is 0 Å². The molecule has 1 aromatic carbocycles. The van der Waals surface area contributed by atoms with Crippen LogP contribution < -0.4 is 10.0 Å². The maximum atomic E-state index is 12.1. The van der Waals surface area contributed by atoms with Crippen LogP contribution >= 0.6 is 11.8 Å². The molecule has 1 aromatic rings. The molecule has 128 valence electrons. The van der Waals surface area contributed by atoms with Crippen molar-refractivity contribution in [1.29, 1.82) is 0 Å². The van der Waals surface area contributed by atoms with Crippen LogP contribution in [0.25, 0.3) is 0 Å². The Morgan fingerprint density at radius 1 is 1.35 bits per heavy atom. The number of nitrogens with one attached hydrogen (secondary N) is 2. The first-order valence-electron chi connectivity index (χ1n) is 7.50. The van der Waals surface area contributed by atoms with Gasteiger partial charge in [0.1, 0.15) is 0 Å². The summed E-state index contributed by atoms with van der Waals surface area (Å²) in [6.45, 7) is 1.59. The third-order valence-corrected chi connectivity index (χ3v) is 5.68. The van der Waals surface area contributed by atoms with Gasteiger partial charge in [-0.25, -0.2) is 13.1 Å². The third-order valence-electron chi connectivity index (χ3n) is 3.51. The monoisotopic (exact) mass is 358 g/mol. The lowest BCUT2D eigenvalue weighted by atomic mass is 10.2. The van der Waals surface area contributed by atoms with Crippen LogP contribution in [0.4, 0.5) is 0 Å². The number of carbonyl (C=O) groups excluding carboxylic acids is 1. The van der Waals surface area contributed by atoms with Crippen molar-refractivity contribution in [3.63, 3.8) is 0 Å². The molecular formula is C15H22N2O4S2. The standard InChI is InChI=1S/C15H22N2O4S2/c1-22-10-2-8-16-23(19,20)14-5-3-12(4-6-14)15(18)17-13-7-9-21-11-13/h3-6,13,16H,2,7-11H2,1H3,(H,17,18)/t13-/m1/s1. The molecule has 1 heterocycles. The number of hydrogen-bond donors (Lipinski definition) is 2. The van der Waals surface area contributed by atoms with E-state index < -0.39 is 10.0 Å². The van der Waals surface area contributed by atoms with E-state index in [0.29, 0.717) is 25.3 Å². The van der Waals surface area contributed by atoms with E-state index in [2.05, 4.69) is 10.0 Å². The molecule has 1 amide bonds. The van der Waals surface area contributed by atoms with E-state index in [1.54, 1.807) is 11.8 Å². The predicted molar refractivity (Wildman–Crippen MR) is 91.3 cm³/mol. The molecule has 0 bridgehead atoms. The molecule has 8 heteroatoms. The molecule has 0 aliphatic carbocycles. The van der Waals surface area contributed by atoms with Gasteiger partial charge in [0.15, 0.2) is 0 Å². The number of thioether (sulfide) groups is 1. The van der Waals surface area contributed by atoms with Crippen molar-refractivity contribution in [2.45, 2.75) is 23.8 Å². The lowest BCUT2D eigenvalue weighted by Gasteiger charge is -2.11. The van der Waals surface area contributed by atoms with Gasteiger partial charge in [-0.3, -0.25) is 4.79 Å². The summed E-state index contributed by atoms with van der Waals surface area (Å²) in [5.74, 6) is 0.698. The van der Waals surface area contributed by atoms with Crippen LogP contribution in [0, 0.1) is 0 Å². The highest BCUT2D eigenvalue weighted by Crippen LogP contribution is 2.12. The van der Waals surface area contributed by atoms with Gasteiger partial charge < -0.3 is 10.1 Å². The average Bonchev–Trinajstić information content (AvgIpc) is 3.05. The number of sulfonamides is 1. The fraction of sp³-hybridized carbons (Fsp3) is 0.533. The fourth-order valence-electron chi connectivity index (χ4n) is 2.21. The Kier molecular flexibility index (Phi) is 6.88. The molecule has 1 aliphatic heterocycles. The molecule has 1 saturated heterocycles. The van der Waals surface area contributed by atoms with Crippen molar-refractivity contribution in [3.8, 4) is 0 Å². The van der Waals surface area contributed by atoms with Crippen molar-refractivity contribution in [1.82, 2.24) is 10.0 Å². The van der Waals surface area contributed by atoms with Crippen molar-refractivity contribution < 1.29 is 17.9 Å². The minimum Gasteiger partial charge on any atom is -0.379 e. The second-order valence-electron chi connectivity index (χ2n) is 5.30. The first kappa shape index (κ1) is 18.3. The Morgan fingerprint density at radius 2 is 2.09 bits per heavy atom. The summed E-state index contributed by atoms with van der Waals surface area (Å²) >= 11 is 1.68. The summed E-state index contributed by atoms with van der Waals surface area (Å²) in [7, 11) is -3.52. The van der Waals surface area contributed by atoms with E-state index in [4.69, 9.17) is 4.74 Å². The van der Waals surface area contributed by atoms with Crippen LogP contribution in [0.3, 0.4) is 0 Å². The minimum absolute atomic E-state index is 0.0315. The second-order valence-corrected chi connectivity index (χ2v) is 8.06. The molecular weight excluding hydrogens is 336 g/mol. The van der Waals surface area contributed by atoms with E-state index in [-0.39, 0.29) is 16.8 Å². The first-order valence-corrected chi connectivity index (χ1v) is 10.4. The molecule has 1 atom stereocenters. The summed E-state index contributed by atoms with van der Waals surface area (Å²) in [5, 5.41) is 2.87. The maximum Gasteiger partial charge on any atom is 0.251 e. The molecule has 6 nitrogen and oxygen atoms in total. The smallest absolute Gasteiger partial charge is 0.251 e. The Bertz CT molecular complexity index is 611. The summed E-state index contributed by atoms with van der Waals surface area (Å²) in [4.78, 5) is 12.2. The van der Waals surface area contributed by atoms with Crippen molar-refractivity contribution in [3.05, 3.63) is 29.8 Å². The highest BCUT2D eigenvalue weighted by atomic mass is 32.2. The second kappa shape index (κ2) is 8.68. The highest BCUT2D eigenvalue weighted by Gasteiger charge is 2.19. The van der Waals surface area contributed by atoms with Gasteiger partial charge in [0.2, 0.25) is 10.0 Å². The summed E-state index contributed by atoms with van der Waals surface area (Å²) in [6.07, 6.45) is 3.57. The molecule has 0 unspecified atom stereocenters. The van der Waals surface area contributed by atoms with Crippen molar-refractivity contribution in [2.75, 3.05) is 31.8 Å². The Labute approximate surface area is 141 Å². The van der Waals surface area contributed by atoms with Crippen molar-refractivity contribution in [2.24, 2.45) is 0 Å². The van der Waals surface area contributed by atoms with E-state index in [0.717, 1.165) is 18.6 Å². The van der Waals surface area contributed by atoms with Crippen LogP contribution in [0.1, 0.15) is 23.2 Å². The topological polar surface area (TPSA) is 84.5 Å². The highest BCUT2D eigenvalue weighted by molar-refractivity contribution is 7.98. The van der Waals surface area contributed by atoms with Crippen LogP contribution in [0.5, 0.6) is 0 Å². The lowest BCUT2D eigenvalue weighted by molar-refractivity contribution is 0.0930. The molecule has 23 heavy (non-hydrogen) atoms. The van der Waals surface area contributed by atoms with Crippen molar-refractivity contribution >= 4 is 27.7 Å². The molecule has 1 fully saturated rings. The normalized spacial score (nSPS) is 18.0. The molecule has 2 rings (SSSR count). The van der Waals surface area contributed by atoms with Gasteiger partial charge in [0.05, 0.1) is 17.5 Å². The lowest BCUT2D eigenvalue weighted by Crippen LogP contribution is -2.35. The van der Waals surface area contributed by atoms with Crippen LogP contribution in [0.2, 0.25) is 0 Å². The molecule has 0 saturated carbocycles. The van der Waals surface area contributed by atoms with Gasteiger partial charge in [-0.2, -0.15) is 11.8 Å². The maximum absolute atomic E-state index is 12.1. The molecule has 0 radical (unpaired) electrons. The Balaban J connectivity index is 1.93. The van der Waals surface area contributed by atoms with Gasteiger partial charge in [-0.05, 0) is 49.1 Å². The first-order chi connectivity index (χ1) is 11.0. The number of carbonyl (C=O) groups is 1. The van der Waals surface area contributed by atoms with Gasteiger partial charge in [-0.1, -0.05) is 0 Å². The zero-order valence-corrected chi connectivity index (χ0v) is 14.7. The molecule has 0 aromatic heterocycles. The van der Waals surface area contributed by atoms with E-state index in [1.807, 2.05) is 6.26 Å². The van der Waals surface area contributed by atoms with E-state index in [1.165, 1.54) is 24.3 Å². The number of ether oxygens (including phenoxy) is 1. The zero-order valence-electron chi connectivity index (χ0n) is 13.1. The molecule has 2 N–H and O–H groups in total. The summed E-state index contributed by atoms with van der Waals surface area (Å²) in [6, 6.07) is 6.00. The van der Waals surface area contributed by atoms with E-state index >= 15 is 0 Å². The zero-order chi connectivity index (χ0) is 16.7. The van der Waals surface area contributed by atoms with Gasteiger partial charge in [-0.15, -0.1) is 0 Å². The molecule has 1 aliphatic rings. The average molecular weight is 358 g/mol. The third kappa shape index (κ3) is 5.49. The largest absolute Gasteiger partial charge is 0.379 e. The number of rotatable bonds is 8. The Morgan fingerprint density at radius 3 is 2.70 bits per heavy atom. The van der Waals surface area contributed by atoms with Gasteiger partial charge in [0, 0.05) is 18.7 Å². The quantitative estimate of drug-likeness (QED) is 0.683. The van der Waals surface area contributed by atoms with Crippen LogP contribution in [-0.2, 0) is 14.8 Å². The Hall–Kier alpha value is -1.09. The molecule has 0 spiro atoms. The van der Waals surface area contributed by atoms with Gasteiger partial charge in [0.25, 0.3) is 5.91 Å².